The largest absolute Gasteiger partial charge is 0.395 e. The highest BCUT2D eigenvalue weighted by molar-refractivity contribution is 8.00. The van der Waals surface area contributed by atoms with Gasteiger partial charge in [-0.3, -0.25) is 4.79 Å². The standard InChI is InChI=1S/C14H25N3O5S2/c18-6-8-24(21,22)7-5-15-12(19)4-2-1-3-11-13-10(9-23-11)16-14(20)17-13/h10-11,13,18H,1-9H2,(H,15,19)(H2,16,17,20)/t10-,11-,13-/m0/s1. The molecule has 2 fully saturated rings. The summed E-state index contributed by atoms with van der Waals surface area (Å²) in [5.41, 5.74) is 0. The number of hydrogen-bond acceptors (Lipinski definition) is 6. The molecule has 0 bridgehead atoms. The van der Waals surface area contributed by atoms with Gasteiger partial charge in [-0.25, -0.2) is 13.2 Å². The summed E-state index contributed by atoms with van der Waals surface area (Å²) in [6, 6.07) is 0.315. The van der Waals surface area contributed by atoms with Crippen LogP contribution in [0.2, 0.25) is 0 Å². The third kappa shape index (κ3) is 5.82. The Hall–Kier alpha value is -1.00. The van der Waals surface area contributed by atoms with E-state index in [2.05, 4.69) is 16.0 Å². The Bertz CT molecular complexity index is 555. The summed E-state index contributed by atoms with van der Waals surface area (Å²) >= 11 is 1.85. The van der Waals surface area contributed by atoms with Gasteiger partial charge in [0, 0.05) is 24.0 Å². The average molecular weight is 380 g/mol. The number of amides is 3. The van der Waals surface area contributed by atoms with E-state index >= 15 is 0 Å². The molecule has 3 atom stereocenters. The highest BCUT2D eigenvalue weighted by Crippen LogP contribution is 2.33. The van der Waals surface area contributed by atoms with Gasteiger partial charge in [0.05, 0.1) is 30.2 Å². The van der Waals surface area contributed by atoms with Crippen molar-refractivity contribution in [2.24, 2.45) is 0 Å². The van der Waals surface area contributed by atoms with Gasteiger partial charge in [-0.05, 0) is 12.8 Å². The molecule has 2 aliphatic heterocycles. The topological polar surface area (TPSA) is 125 Å². The molecule has 0 aromatic carbocycles. The predicted octanol–water partition coefficient (Wildman–Crippen LogP) is -0.764. The maximum Gasteiger partial charge on any atom is 0.315 e. The maximum absolute atomic E-state index is 11.7. The molecule has 10 heteroatoms. The van der Waals surface area contributed by atoms with Crippen molar-refractivity contribution >= 4 is 33.5 Å². The van der Waals surface area contributed by atoms with Gasteiger partial charge >= 0.3 is 6.03 Å². The summed E-state index contributed by atoms with van der Waals surface area (Å²) in [4.78, 5) is 23.0. The molecule has 0 aromatic heterocycles. The summed E-state index contributed by atoms with van der Waals surface area (Å²) < 4.78 is 22.8. The van der Waals surface area contributed by atoms with Crippen LogP contribution in [-0.4, -0.2) is 73.2 Å². The summed E-state index contributed by atoms with van der Waals surface area (Å²) in [6.45, 7) is -0.311. The van der Waals surface area contributed by atoms with Crippen LogP contribution in [0.15, 0.2) is 0 Å². The Labute approximate surface area is 146 Å². The van der Waals surface area contributed by atoms with E-state index in [0.717, 1.165) is 25.0 Å². The van der Waals surface area contributed by atoms with Crippen molar-refractivity contribution in [3.63, 3.8) is 0 Å². The number of nitrogens with one attached hydrogen (secondary N) is 3. The fourth-order valence-electron chi connectivity index (χ4n) is 2.95. The smallest absolute Gasteiger partial charge is 0.315 e. The number of sulfone groups is 1. The molecule has 0 aromatic rings. The third-order valence-electron chi connectivity index (χ3n) is 4.22. The summed E-state index contributed by atoms with van der Waals surface area (Å²) in [5.74, 6) is 0.363. The van der Waals surface area contributed by atoms with Crippen LogP contribution in [0.4, 0.5) is 4.79 Å². The number of carbonyl (C=O) groups is 2. The third-order valence-corrected chi connectivity index (χ3v) is 7.36. The predicted molar refractivity (Wildman–Crippen MR) is 92.7 cm³/mol. The minimum atomic E-state index is -3.28. The molecule has 8 nitrogen and oxygen atoms in total. The Morgan fingerprint density at radius 1 is 1.29 bits per heavy atom. The van der Waals surface area contributed by atoms with Crippen molar-refractivity contribution in [1.82, 2.24) is 16.0 Å². The normalized spacial score (nSPS) is 25.9. The zero-order valence-electron chi connectivity index (χ0n) is 13.5. The first-order valence-corrected chi connectivity index (χ1v) is 11.0. The van der Waals surface area contributed by atoms with Crippen molar-refractivity contribution in [2.75, 3.05) is 30.4 Å². The lowest BCUT2D eigenvalue weighted by Gasteiger charge is -2.16. The van der Waals surface area contributed by atoms with Gasteiger partial charge in [0.25, 0.3) is 0 Å². The van der Waals surface area contributed by atoms with Crippen molar-refractivity contribution in [1.29, 1.82) is 0 Å². The minimum Gasteiger partial charge on any atom is -0.395 e. The Morgan fingerprint density at radius 2 is 2.08 bits per heavy atom. The van der Waals surface area contributed by atoms with E-state index in [1.807, 2.05) is 11.8 Å². The van der Waals surface area contributed by atoms with Crippen molar-refractivity contribution in [3.8, 4) is 0 Å². The highest BCUT2D eigenvalue weighted by atomic mass is 32.2. The van der Waals surface area contributed by atoms with E-state index in [-0.39, 0.29) is 42.1 Å². The Kier molecular flexibility index (Phi) is 7.17. The van der Waals surface area contributed by atoms with Crippen molar-refractivity contribution < 1.29 is 23.1 Å². The van der Waals surface area contributed by atoms with Crippen molar-refractivity contribution in [3.05, 3.63) is 0 Å². The number of aliphatic hydroxyl groups excluding tert-OH is 1. The van der Waals surface area contributed by atoms with Crippen LogP contribution in [0.25, 0.3) is 0 Å². The number of unbranched alkanes of at least 4 members (excludes halogenated alkanes) is 1. The number of rotatable bonds is 10. The van der Waals surface area contributed by atoms with Gasteiger partial charge in [0.1, 0.15) is 0 Å². The number of aliphatic hydroxyl groups is 1. The van der Waals surface area contributed by atoms with Crippen LogP contribution in [0, 0.1) is 0 Å². The van der Waals surface area contributed by atoms with Crippen molar-refractivity contribution in [2.45, 2.75) is 43.0 Å². The van der Waals surface area contributed by atoms with Crippen LogP contribution in [0.5, 0.6) is 0 Å². The first-order valence-electron chi connectivity index (χ1n) is 8.18. The van der Waals surface area contributed by atoms with E-state index in [4.69, 9.17) is 5.11 Å². The highest BCUT2D eigenvalue weighted by Gasteiger charge is 2.42. The second kappa shape index (κ2) is 8.91. The second-order valence-corrected chi connectivity index (χ2v) is 9.67. The zero-order chi connectivity index (χ0) is 17.6. The molecular weight excluding hydrogens is 354 g/mol. The zero-order valence-corrected chi connectivity index (χ0v) is 15.1. The summed E-state index contributed by atoms with van der Waals surface area (Å²) in [6.07, 6.45) is 2.96. The van der Waals surface area contributed by atoms with E-state index in [0.29, 0.717) is 11.7 Å². The molecule has 2 rings (SSSR count). The molecule has 0 spiro atoms. The molecule has 138 valence electrons. The van der Waals surface area contributed by atoms with Crippen LogP contribution in [0.1, 0.15) is 25.7 Å². The monoisotopic (exact) mass is 379 g/mol. The molecule has 4 N–H and O–H groups in total. The number of carbonyl (C=O) groups excluding carboxylic acids is 2. The molecule has 2 saturated heterocycles. The van der Waals surface area contributed by atoms with E-state index < -0.39 is 16.4 Å². The summed E-state index contributed by atoms with van der Waals surface area (Å²) in [7, 11) is -3.28. The number of hydrogen-bond donors (Lipinski definition) is 4. The van der Waals surface area contributed by atoms with Crippen LogP contribution in [-0.2, 0) is 14.6 Å². The molecule has 0 aliphatic carbocycles. The molecule has 24 heavy (non-hydrogen) atoms. The van der Waals surface area contributed by atoms with Crippen LogP contribution in [0.3, 0.4) is 0 Å². The molecule has 3 amide bonds. The SMILES string of the molecule is O=C(CCCC[C@@H]1SC[C@@H]2NC(=O)N[C@@H]21)NCCS(=O)(=O)CCO. The summed E-state index contributed by atoms with van der Waals surface area (Å²) in [5, 5.41) is 17.4. The second-order valence-electron chi connectivity index (χ2n) is 6.09. The molecule has 2 aliphatic rings. The first-order chi connectivity index (χ1) is 11.4. The lowest BCUT2D eigenvalue weighted by molar-refractivity contribution is -0.121. The van der Waals surface area contributed by atoms with Crippen LogP contribution < -0.4 is 16.0 Å². The average Bonchev–Trinajstić information content (AvgIpc) is 3.03. The van der Waals surface area contributed by atoms with Gasteiger partial charge in [0.15, 0.2) is 9.84 Å². The molecule has 0 unspecified atom stereocenters. The molecular formula is C14H25N3O5S2. The molecule has 0 radical (unpaired) electrons. The quantitative estimate of drug-likeness (QED) is 0.292. The maximum atomic E-state index is 11.7. The van der Waals surface area contributed by atoms with Gasteiger partial charge in [-0.2, -0.15) is 11.8 Å². The lowest BCUT2D eigenvalue weighted by Crippen LogP contribution is -2.36. The number of fused-ring (bicyclic) bond motifs is 1. The number of thioether (sulfide) groups is 1. The van der Waals surface area contributed by atoms with E-state index in [1.165, 1.54) is 0 Å². The van der Waals surface area contributed by atoms with E-state index in [1.54, 1.807) is 0 Å². The van der Waals surface area contributed by atoms with E-state index in [9.17, 15) is 18.0 Å². The Morgan fingerprint density at radius 3 is 2.83 bits per heavy atom. The number of urea groups is 1. The van der Waals surface area contributed by atoms with Gasteiger partial charge in [-0.15, -0.1) is 0 Å². The van der Waals surface area contributed by atoms with Gasteiger partial charge in [0.2, 0.25) is 5.91 Å². The van der Waals surface area contributed by atoms with Gasteiger partial charge < -0.3 is 21.1 Å². The fraction of sp³-hybridized carbons (Fsp3) is 0.857. The van der Waals surface area contributed by atoms with Crippen LogP contribution >= 0.6 is 11.8 Å². The lowest BCUT2D eigenvalue weighted by atomic mass is 10.0. The molecule has 0 saturated carbocycles. The first kappa shape index (κ1) is 19.3. The fourth-order valence-corrected chi connectivity index (χ4v) is 5.39. The minimum absolute atomic E-state index is 0.0844. The Balaban J connectivity index is 1.54. The van der Waals surface area contributed by atoms with Gasteiger partial charge in [-0.1, -0.05) is 6.42 Å². The molecule has 2 heterocycles.